The summed E-state index contributed by atoms with van der Waals surface area (Å²) in [4.78, 5) is 31.5. The fourth-order valence-electron chi connectivity index (χ4n) is 3.87. The fraction of sp³-hybridized carbons (Fsp3) is 0.269. The summed E-state index contributed by atoms with van der Waals surface area (Å²) in [5.74, 6) is 1.71. The van der Waals surface area contributed by atoms with Crippen LogP contribution in [0.15, 0.2) is 54.7 Å². The average molecular weight is 496 g/mol. The first-order valence-corrected chi connectivity index (χ1v) is 11.6. The molecule has 2 heterocycles. The summed E-state index contributed by atoms with van der Waals surface area (Å²) in [5, 5.41) is 3.42. The van der Waals surface area contributed by atoms with E-state index >= 15 is 0 Å². The maximum absolute atomic E-state index is 13.3. The Morgan fingerprint density at radius 1 is 1.11 bits per heavy atom. The topological polar surface area (TPSA) is 90.0 Å². The highest BCUT2D eigenvalue weighted by molar-refractivity contribution is 6.31. The van der Waals surface area contributed by atoms with Gasteiger partial charge in [0.25, 0.3) is 5.91 Å². The standard InChI is InChI=1S/C26H26ClN3O5/c1-33-22-9-7-17(15-23(22)34-2)11-13-28-24(31)6-4-14-30-20-16-18(27)8-10-21(20)35-25-19(26(30)32)5-3-12-29-25/h3,5,7-10,12,15-16H,4,6,11,13-14H2,1-2H3,(H,28,31). The summed E-state index contributed by atoms with van der Waals surface area (Å²) in [6.45, 7) is 0.815. The zero-order valence-corrected chi connectivity index (χ0v) is 20.3. The van der Waals surface area contributed by atoms with Crippen molar-refractivity contribution in [3.8, 4) is 23.1 Å². The molecule has 35 heavy (non-hydrogen) atoms. The number of carbonyl (C=O) groups excluding carboxylic acids is 2. The van der Waals surface area contributed by atoms with Crippen molar-refractivity contribution >= 4 is 29.1 Å². The van der Waals surface area contributed by atoms with E-state index in [9.17, 15) is 9.59 Å². The second-order valence-electron chi connectivity index (χ2n) is 7.92. The first kappa shape index (κ1) is 24.3. The van der Waals surface area contributed by atoms with Gasteiger partial charge in [-0.05, 0) is 60.9 Å². The van der Waals surface area contributed by atoms with Gasteiger partial charge in [-0.25, -0.2) is 4.98 Å². The predicted molar refractivity (Wildman–Crippen MR) is 133 cm³/mol. The summed E-state index contributed by atoms with van der Waals surface area (Å²) in [6.07, 6.45) is 2.97. The first-order valence-electron chi connectivity index (χ1n) is 11.2. The lowest BCUT2D eigenvalue weighted by Gasteiger charge is -2.22. The predicted octanol–water partition coefficient (Wildman–Crippen LogP) is 4.64. The minimum atomic E-state index is -0.247. The molecule has 1 aliphatic heterocycles. The number of methoxy groups -OCH3 is 2. The van der Waals surface area contributed by atoms with Crippen LogP contribution in [0, 0.1) is 0 Å². The summed E-state index contributed by atoms with van der Waals surface area (Å²) < 4.78 is 16.5. The number of fused-ring (bicyclic) bond motifs is 2. The Bertz CT molecular complexity index is 1230. The number of nitrogens with zero attached hydrogens (tertiary/aromatic N) is 2. The monoisotopic (exact) mass is 495 g/mol. The van der Waals surface area contributed by atoms with E-state index < -0.39 is 0 Å². The largest absolute Gasteiger partial charge is 0.493 e. The number of pyridine rings is 1. The third kappa shape index (κ3) is 5.66. The van der Waals surface area contributed by atoms with Gasteiger partial charge < -0.3 is 24.4 Å². The number of halogens is 1. The Kier molecular flexibility index (Phi) is 7.72. The van der Waals surface area contributed by atoms with E-state index in [0.717, 1.165) is 5.56 Å². The van der Waals surface area contributed by atoms with Gasteiger partial charge in [0.2, 0.25) is 11.8 Å². The maximum atomic E-state index is 13.3. The molecule has 0 spiro atoms. The van der Waals surface area contributed by atoms with Gasteiger partial charge in [0.15, 0.2) is 17.2 Å². The smallest absolute Gasteiger partial charge is 0.263 e. The molecule has 0 saturated heterocycles. The van der Waals surface area contributed by atoms with Crippen molar-refractivity contribution in [3.05, 3.63) is 70.9 Å². The van der Waals surface area contributed by atoms with Crippen molar-refractivity contribution in [2.75, 3.05) is 32.2 Å². The van der Waals surface area contributed by atoms with Crippen LogP contribution in [-0.2, 0) is 11.2 Å². The Hall–Kier alpha value is -3.78. The molecule has 2 aromatic carbocycles. The van der Waals surface area contributed by atoms with E-state index in [1.807, 2.05) is 18.2 Å². The molecule has 0 unspecified atom stereocenters. The van der Waals surface area contributed by atoms with Crippen molar-refractivity contribution in [3.63, 3.8) is 0 Å². The lowest BCUT2D eigenvalue weighted by Crippen LogP contribution is -2.32. The molecular weight excluding hydrogens is 470 g/mol. The summed E-state index contributed by atoms with van der Waals surface area (Å²) in [6, 6.07) is 14.1. The van der Waals surface area contributed by atoms with E-state index in [2.05, 4.69) is 10.3 Å². The fourth-order valence-corrected chi connectivity index (χ4v) is 4.04. The van der Waals surface area contributed by atoms with Gasteiger partial charge in [0.1, 0.15) is 5.56 Å². The van der Waals surface area contributed by atoms with Gasteiger partial charge in [0, 0.05) is 30.7 Å². The lowest BCUT2D eigenvalue weighted by molar-refractivity contribution is -0.121. The molecule has 0 saturated carbocycles. The summed E-state index contributed by atoms with van der Waals surface area (Å²) in [7, 11) is 3.18. The van der Waals surface area contributed by atoms with Gasteiger partial charge in [-0.2, -0.15) is 0 Å². The van der Waals surface area contributed by atoms with Crippen molar-refractivity contribution in [2.24, 2.45) is 0 Å². The number of anilines is 1. The van der Waals surface area contributed by atoms with Crippen molar-refractivity contribution in [1.82, 2.24) is 10.3 Å². The molecule has 1 N–H and O–H groups in total. The molecule has 9 heteroatoms. The number of hydrogen-bond acceptors (Lipinski definition) is 6. The molecule has 0 aliphatic carbocycles. The van der Waals surface area contributed by atoms with Crippen LogP contribution in [0.25, 0.3) is 0 Å². The quantitative estimate of drug-likeness (QED) is 0.465. The molecule has 0 bridgehead atoms. The van der Waals surface area contributed by atoms with Crippen LogP contribution in [0.2, 0.25) is 5.02 Å². The Labute approximate surface area is 208 Å². The molecule has 8 nitrogen and oxygen atoms in total. The van der Waals surface area contributed by atoms with Crippen LogP contribution >= 0.6 is 11.6 Å². The van der Waals surface area contributed by atoms with E-state index in [-0.39, 0.29) is 24.1 Å². The normalized spacial score (nSPS) is 12.2. The minimum absolute atomic E-state index is 0.0858. The molecular formula is C26H26ClN3O5. The van der Waals surface area contributed by atoms with Crippen molar-refractivity contribution in [2.45, 2.75) is 19.3 Å². The number of amides is 2. The molecule has 182 valence electrons. The van der Waals surface area contributed by atoms with Crippen molar-refractivity contribution in [1.29, 1.82) is 0 Å². The molecule has 0 radical (unpaired) electrons. The number of aromatic nitrogens is 1. The number of benzene rings is 2. The average Bonchev–Trinajstić information content (AvgIpc) is 2.98. The highest BCUT2D eigenvalue weighted by Gasteiger charge is 2.29. The van der Waals surface area contributed by atoms with Crippen LogP contribution in [0.5, 0.6) is 23.1 Å². The van der Waals surface area contributed by atoms with Gasteiger partial charge >= 0.3 is 0 Å². The molecule has 3 aromatic rings. The van der Waals surface area contributed by atoms with E-state index in [1.165, 1.54) is 0 Å². The number of hydrogen-bond donors (Lipinski definition) is 1. The highest BCUT2D eigenvalue weighted by atomic mass is 35.5. The van der Waals surface area contributed by atoms with Crippen LogP contribution in [-0.4, -0.2) is 44.1 Å². The molecule has 0 atom stereocenters. The van der Waals surface area contributed by atoms with Gasteiger partial charge in [0.05, 0.1) is 19.9 Å². The second kappa shape index (κ2) is 11.1. The third-order valence-electron chi connectivity index (χ3n) is 5.63. The molecule has 1 aliphatic rings. The molecule has 1 aromatic heterocycles. The SMILES string of the molecule is COc1ccc(CCNC(=O)CCCN2C(=O)c3cccnc3Oc3ccc(Cl)cc32)cc1OC. The van der Waals surface area contributed by atoms with Crippen molar-refractivity contribution < 1.29 is 23.8 Å². The van der Waals surface area contributed by atoms with Crippen LogP contribution in [0.4, 0.5) is 5.69 Å². The Balaban J connectivity index is 1.35. The second-order valence-corrected chi connectivity index (χ2v) is 8.36. The number of nitrogens with one attached hydrogen (secondary N) is 1. The van der Waals surface area contributed by atoms with E-state index in [4.69, 9.17) is 25.8 Å². The number of carbonyl (C=O) groups is 2. The minimum Gasteiger partial charge on any atom is -0.493 e. The van der Waals surface area contributed by atoms with Crippen LogP contribution in [0.1, 0.15) is 28.8 Å². The molecule has 2 amide bonds. The van der Waals surface area contributed by atoms with Gasteiger partial charge in [-0.15, -0.1) is 0 Å². The van der Waals surface area contributed by atoms with Crippen LogP contribution < -0.4 is 24.4 Å². The first-order chi connectivity index (χ1) is 17.0. The number of ether oxygens (including phenoxy) is 3. The lowest BCUT2D eigenvalue weighted by atomic mass is 10.1. The molecule has 4 rings (SSSR count). The van der Waals surface area contributed by atoms with Crippen LogP contribution in [0.3, 0.4) is 0 Å². The highest BCUT2D eigenvalue weighted by Crippen LogP contribution is 2.39. The zero-order valence-electron chi connectivity index (χ0n) is 19.5. The Morgan fingerprint density at radius 3 is 2.74 bits per heavy atom. The third-order valence-corrected chi connectivity index (χ3v) is 5.87. The summed E-state index contributed by atoms with van der Waals surface area (Å²) >= 11 is 6.19. The van der Waals surface area contributed by atoms with Gasteiger partial charge in [-0.3, -0.25) is 9.59 Å². The van der Waals surface area contributed by atoms with E-state index in [1.54, 1.807) is 55.6 Å². The number of rotatable bonds is 9. The van der Waals surface area contributed by atoms with E-state index in [0.29, 0.717) is 59.5 Å². The molecule has 0 fully saturated rings. The maximum Gasteiger partial charge on any atom is 0.263 e. The Morgan fingerprint density at radius 2 is 1.94 bits per heavy atom. The zero-order chi connectivity index (χ0) is 24.8. The van der Waals surface area contributed by atoms with Gasteiger partial charge in [-0.1, -0.05) is 17.7 Å². The summed E-state index contributed by atoms with van der Waals surface area (Å²) in [5.41, 5.74) is 1.94.